The monoisotopic (exact) mass is 341 g/mol. The lowest BCUT2D eigenvalue weighted by Crippen LogP contribution is -2.35. The predicted octanol–water partition coefficient (Wildman–Crippen LogP) is 3.40. The Morgan fingerprint density at radius 1 is 1.04 bits per heavy atom. The van der Waals surface area contributed by atoms with Crippen LogP contribution in [-0.4, -0.2) is 25.6 Å². The van der Waals surface area contributed by atoms with Crippen molar-refractivity contribution < 1.29 is 13.2 Å². The molecule has 0 amide bonds. The van der Waals surface area contributed by atoms with Gasteiger partial charge in [0, 0.05) is 12.1 Å². The zero-order valence-electron chi connectivity index (χ0n) is 13.4. The van der Waals surface area contributed by atoms with Crippen molar-refractivity contribution in [1.82, 2.24) is 4.31 Å². The molecule has 2 aliphatic heterocycles. The van der Waals surface area contributed by atoms with Gasteiger partial charge in [0.25, 0.3) is 10.0 Å². The fourth-order valence-electron chi connectivity index (χ4n) is 3.40. The highest BCUT2D eigenvalue weighted by Gasteiger charge is 2.45. The average molecular weight is 341 g/mol. The van der Waals surface area contributed by atoms with Crippen LogP contribution < -0.4 is 0 Å². The number of ether oxygens (including phenoxy) is 1. The molecule has 2 aliphatic rings. The van der Waals surface area contributed by atoms with Crippen molar-refractivity contribution in [3.8, 4) is 0 Å². The number of hydrogen-bond donors (Lipinski definition) is 0. The summed E-state index contributed by atoms with van der Waals surface area (Å²) in [5, 5.41) is 0. The molecule has 5 heteroatoms. The molecule has 0 aliphatic carbocycles. The molecular weight excluding hydrogens is 322 g/mol. The van der Waals surface area contributed by atoms with Gasteiger partial charge in [-0.15, -0.1) is 0 Å². The van der Waals surface area contributed by atoms with Gasteiger partial charge < -0.3 is 4.74 Å². The molecule has 2 atom stereocenters. The van der Waals surface area contributed by atoms with Crippen LogP contribution in [0.15, 0.2) is 65.7 Å². The van der Waals surface area contributed by atoms with Crippen LogP contribution in [0, 0.1) is 12.8 Å². The summed E-state index contributed by atoms with van der Waals surface area (Å²) in [5.74, 6) is 0.0904. The predicted molar refractivity (Wildman–Crippen MR) is 92.5 cm³/mol. The molecule has 2 aromatic carbocycles. The fourth-order valence-corrected chi connectivity index (χ4v) is 4.86. The van der Waals surface area contributed by atoms with Crippen molar-refractivity contribution >= 4 is 15.6 Å². The van der Waals surface area contributed by atoms with E-state index in [0.717, 1.165) is 23.1 Å². The summed E-state index contributed by atoms with van der Waals surface area (Å²) in [6.45, 7) is 2.52. The van der Waals surface area contributed by atoms with Crippen LogP contribution in [0.5, 0.6) is 0 Å². The highest BCUT2D eigenvalue weighted by molar-refractivity contribution is 7.89. The first-order valence-corrected chi connectivity index (χ1v) is 9.50. The minimum atomic E-state index is -3.62. The molecule has 4 rings (SSSR count). The summed E-state index contributed by atoms with van der Waals surface area (Å²) in [7, 11) is -3.62. The molecule has 0 radical (unpaired) electrons. The van der Waals surface area contributed by atoms with Crippen molar-refractivity contribution in [1.29, 1.82) is 0 Å². The Kier molecular flexibility index (Phi) is 3.70. The van der Waals surface area contributed by atoms with Crippen LogP contribution in [0.4, 0.5) is 0 Å². The summed E-state index contributed by atoms with van der Waals surface area (Å²) in [4.78, 5) is 0.299. The molecule has 24 heavy (non-hydrogen) atoms. The molecular formula is C19H19NO3S. The van der Waals surface area contributed by atoms with Gasteiger partial charge in [-0.3, -0.25) is 0 Å². The Bertz CT molecular complexity index is 873. The molecule has 1 fully saturated rings. The summed E-state index contributed by atoms with van der Waals surface area (Å²) < 4.78 is 33.3. The van der Waals surface area contributed by atoms with Gasteiger partial charge in [-0.2, -0.15) is 0 Å². The molecule has 1 saturated heterocycles. The first-order valence-electron chi connectivity index (χ1n) is 8.06. The molecule has 2 aromatic rings. The van der Waals surface area contributed by atoms with Crippen LogP contribution in [0.25, 0.3) is 5.57 Å². The van der Waals surface area contributed by atoms with Crippen LogP contribution in [0.3, 0.4) is 0 Å². The standard InChI is InChI=1S/C19H19NO3S/c1-14-7-9-16(10-8-14)24(21,22)20-13-18(15-5-3-2-4-6-15)17-11-12-23-19(17)20/h2-10,13,17,19H,11-12H2,1H3/t17-,19-/m0/s1. The topological polar surface area (TPSA) is 46.6 Å². The number of nitrogens with zero attached hydrogens (tertiary/aromatic N) is 1. The lowest BCUT2D eigenvalue weighted by Gasteiger charge is -2.24. The normalized spacial score (nSPS) is 23.2. The number of sulfonamides is 1. The minimum absolute atomic E-state index is 0.0904. The second-order valence-electron chi connectivity index (χ2n) is 6.25. The Labute approximate surface area is 142 Å². The van der Waals surface area contributed by atoms with Crippen molar-refractivity contribution in [2.45, 2.75) is 24.5 Å². The number of hydrogen-bond acceptors (Lipinski definition) is 3. The van der Waals surface area contributed by atoms with E-state index in [4.69, 9.17) is 4.74 Å². The number of rotatable bonds is 3. The Morgan fingerprint density at radius 2 is 1.75 bits per heavy atom. The first-order chi connectivity index (χ1) is 11.6. The number of aryl methyl sites for hydroxylation is 1. The average Bonchev–Trinajstić information content (AvgIpc) is 3.18. The molecule has 0 unspecified atom stereocenters. The van der Waals surface area contributed by atoms with Gasteiger partial charge in [0.05, 0.1) is 11.5 Å². The molecule has 0 aromatic heterocycles. The molecule has 124 valence electrons. The van der Waals surface area contributed by atoms with E-state index < -0.39 is 16.3 Å². The van der Waals surface area contributed by atoms with E-state index in [1.54, 1.807) is 18.3 Å². The SMILES string of the molecule is Cc1ccc(S(=O)(=O)N2C=C(c3ccccc3)[C@@H]3CCO[C@@H]32)cc1. The Morgan fingerprint density at radius 3 is 2.46 bits per heavy atom. The minimum Gasteiger partial charge on any atom is -0.357 e. The van der Waals surface area contributed by atoms with Gasteiger partial charge >= 0.3 is 0 Å². The van der Waals surface area contributed by atoms with E-state index in [-0.39, 0.29) is 5.92 Å². The van der Waals surface area contributed by atoms with Gasteiger partial charge in [-0.1, -0.05) is 48.0 Å². The quantitative estimate of drug-likeness (QED) is 0.859. The summed E-state index contributed by atoms with van der Waals surface area (Å²) >= 11 is 0. The van der Waals surface area contributed by atoms with Crippen molar-refractivity contribution in [3.05, 3.63) is 71.9 Å². The number of fused-ring (bicyclic) bond motifs is 1. The highest BCUT2D eigenvalue weighted by atomic mass is 32.2. The van der Waals surface area contributed by atoms with E-state index >= 15 is 0 Å². The van der Waals surface area contributed by atoms with Crippen molar-refractivity contribution in [2.75, 3.05) is 6.61 Å². The summed E-state index contributed by atoms with van der Waals surface area (Å²) in [6, 6.07) is 16.9. The van der Waals surface area contributed by atoms with Crippen molar-refractivity contribution in [2.24, 2.45) is 5.92 Å². The molecule has 4 nitrogen and oxygen atoms in total. The third kappa shape index (κ3) is 2.44. The van der Waals surface area contributed by atoms with Gasteiger partial charge in [-0.05, 0) is 36.6 Å². The highest BCUT2D eigenvalue weighted by Crippen LogP contribution is 2.43. The van der Waals surface area contributed by atoms with E-state index in [0.29, 0.717) is 11.5 Å². The molecule has 0 spiro atoms. The molecule has 0 bridgehead atoms. The second kappa shape index (κ2) is 5.76. The van der Waals surface area contributed by atoms with Crippen LogP contribution in [0.1, 0.15) is 17.5 Å². The molecule has 0 saturated carbocycles. The van der Waals surface area contributed by atoms with Crippen LogP contribution >= 0.6 is 0 Å². The summed E-state index contributed by atoms with van der Waals surface area (Å²) in [6.07, 6.45) is 2.15. The molecule has 2 heterocycles. The van der Waals surface area contributed by atoms with Gasteiger partial charge in [0.2, 0.25) is 0 Å². The molecule has 0 N–H and O–H groups in total. The largest absolute Gasteiger partial charge is 0.357 e. The fraction of sp³-hybridized carbons (Fsp3) is 0.263. The first kappa shape index (κ1) is 15.4. The van der Waals surface area contributed by atoms with E-state index in [1.807, 2.05) is 49.4 Å². The maximum Gasteiger partial charge on any atom is 0.266 e. The van der Waals surface area contributed by atoms with E-state index in [9.17, 15) is 8.42 Å². The zero-order chi connectivity index (χ0) is 16.7. The lowest BCUT2D eigenvalue weighted by molar-refractivity contribution is 0.0444. The Hall–Kier alpha value is -2.11. The van der Waals surface area contributed by atoms with Crippen LogP contribution in [0.2, 0.25) is 0 Å². The van der Waals surface area contributed by atoms with E-state index in [2.05, 4.69) is 0 Å². The van der Waals surface area contributed by atoms with Gasteiger partial charge in [-0.25, -0.2) is 12.7 Å². The van der Waals surface area contributed by atoms with Gasteiger partial charge in [0.1, 0.15) is 0 Å². The Balaban J connectivity index is 1.77. The maximum absolute atomic E-state index is 13.1. The van der Waals surface area contributed by atoms with E-state index in [1.165, 1.54) is 4.31 Å². The maximum atomic E-state index is 13.1. The lowest BCUT2D eigenvalue weighted by atomic mass is 9.93. The third-order valence-corrected chi connectivity index (χ3v) is 6.42. The smallest absolute Gasteiger partial charge is 0.266 e. The second-order valence-corrected chi connectivity index (χ2v) is 8.10. The third-order valence-electron chi connectivity index (χ3n) is 4.68. The van der Waals surface area contributed by atoms with Crippen molar-refractivity contribution in [3.63, 3.8) is 0 Å². The zero-order valence-corrected chi connectivity index (χ0v) is 14.2. The summed E-state index contributed by atoms with van der Waals surface area (Å²) in [5.41, 5.74) is 3.12. The van der Waals surface area contributed by atoms with Gasteiger partial charge in [0.15, 0.2) is 6.23 Å². The van der Waals surface area contributed by atoms with Crippen LogP contribution in [-0.2, 0) is 14.8 Å². The number of benzene rings is 2.